The molecule has 2 atom stereocenters. The van der Waals surface area contributed by atoms with Crippen LogP contribution < -0.4 is 14.4 Å². The summed E-state index contributed by atoms with van der Waals surface area (Å²) >= 11 is 6.34. The molecule has 0 spiro atoms. The Morgan fingerprint density at radius 2 is 1.82 bits per heavy atom. The molecule has 11 nitrogen and oxygen atoms in total. The number of hydrogen-bond acceptors (Lipinski definition) is 7. The average Bonchev–Trinajstić information content (AvgIpc) is 2.86. The number of halogens is 1. The SMILES string of the molecule is CCC(C)NC(=O)C(CC)N(Cc1ccccc1Cl)C(=O)CN(c1cc([N+](=O)[O-])ccc1OC)S(C)(=O)=O. The van der Waals surface area contributed by atoms with E-state index in [1.54, 1.807) is 31.2 Å². The van der Waals surface area contributed by atoms with Crippen LogP contribution in [0.2, 0.25) is 5.02 Å². The van der Waals surface area contributed by atoms with E-state index in [1.807, 2.05) is 13.8 Å². The zero-order chi connectivity index (χ0) is 28.6. The molecule has 38 heavy (non-hydrogen) atoms. The van der Waals surface area contributed by atoms with E-state index in [-0.39, 0.29) is 42.0 Å². The predicted octanol–water partition coefficient (Wildman–Crippen LogP) is 3.74. The highest BCUT2D eigenvalue weighted by atomic mass is 35.5. The first-order chi connectivity index (χ1) is 17.8. The van der Waals surface area contributed by atoms with E-state index in [0.29, 0.717) is 17.0 Å². The van der Waals surface area contributed by atoms with Gasteiger partial charge in [-0.1, -0.05) is 43.6 Å². The molecule has 0 aromatic heterocycles. The number of hydrogen-bond donors (Lipinski definition) is 1. The number of rotatable bonds is 13. The van der Waals surface area contributed by atoms with Gasteiger partial charge in [-0.2, -0.15) is 0 Å². The monoisotopic (exact) mass is 568 g/mol. The first-order valence-electron chi connectivity index (χ1n) is 12.0. The summed E-state index contributed by atoms with van der Waals surface area (Å²) in [6.07, 6.45) is 1.80. The number of carbonyl (C=O) groups excluding carboxylic acids is 2. The fourth-order valence-corrected chi connectivity index (χ4v) is 4.79. The lowest BCUT2D eigenvalue weighted by atomic mass is 10.1. The van der Waals surface area contributed by atoms with Crippen LogP contribution in [0, 0.1) is 10.1 Å². The number of benzene rings is 2. The van der Waals surface area contributed by atoms with Gasteiger partial charge in [0.25, 0.3) is 5.69 Å². The molecule has 0 saturated carbocycles. The maximum atomic E-state index is 13.8. The van der Waals surface area contributed by atoms with E-state index in [2.05, 4.69) is 5.32 Å². The highest BCUT2D eigenvalue weighted by molar-refractivity contribution is 7.92. The second kappa shape index (κ2) is 13.4. The Labute approximate surface area is 227 Å². The van der Waals surface area contributed by atoms with Gasteiger partial charge in [0.2, 0.25) is 21.8 Å². The van der Waals surface area contributed by atoms with Crippen molar-refractivity contribution < 1.29 is 27.7 Å². The zero-order valence-electron chi connectivity index (χ0n) is 22.0. The average molecular weight is 569 g/mol. The van der Waals surface area contributed by atoms with E-state index in [9.17, 15) is 28.1 Å². The number of ether oxygens (including phenoxy) is 1. The number of non-ortho nitro benzene ring substituents is 1. The fourth-order valence-electron chi connectivity index (χ4n) is 3.75. The Morgan fingerprint density at radius 1 is 1.16 bits per heavy atom. The van der Waals surface area contributed by atoms with E-state index in [0.717, 1.165) is 16.6 Å². The van der Waals surface area contributed by atoms with Crippen LogP contribution in [0.5, 0.6) is 5.75 Å². The number of methoxy groups -OCH3 is 1. The minimum atomic E-state index is -4.12. The fraction of sp³-hybridized carbons (Fsp3) is 0.440. The molecule has 1 N–H and O–H groups in total. The molecule has 13 heteroatoms. The molecule has 2 aromatic rings. The topological polar surface area (TPSA) is 139 Å². The van der Waals surface area contributed by atoms with Crippen LogP contribution in [-0.2, 0) is 26.2 Å². The number of nitrogens with zero attached hydrogens (tertiary/aromatic N) is 3. The van der Waals surface area contributed by atoms with Crippen molar-refractivity contribution in [1.82, 2.24) is 10.2 Å². The highest BCUT2D eigenvalue weighted by Crippen LogP contribution is 2.34. The Morgan fingerprint density at radius 3 is 2.34 bits per heavy atom. The summed E-state index contributed by atoms with van der Waals surface area (Å²) in [7, 11) is -2.84. The second-order valence-electron chi connectivity index (χ2n) is 8.74. The smallest absolute Gasteiger partial charge is 0.271 e. The summed E-state index contributed by atoms with van der Waals surface area (Å²) in [5.74, 6) is -1.07. The van der Waals surface area contributed by atoms with Crippen molar-refractivity contribution in [1.29, 1.82) is 0 Å². The quantitative estimate of drug-likeness (QED) is 0.287. The molecule has 2 unspecified atom stereocenters. The predicted molar refractivity (Wildman–Crippen MR) is 146 cm³/mol. The van der Waals surface area contributed by atoms with Crippen LogP contribution in [0.3, 0.4) is 0 Å². The Bertz CT molecular complexity index is 1270. The normalized spacial score (nSPS) is 12.8. The van der Waals surface area contributed by atoms with Crippen molar-refractivity contribution in [3.05, 3.63) is 63.2 Å². The molecule has 2 amide bonds. The maximum absolute atomic E-state index is 13.8. The molecule has 0 aliphatic heterocycles. The van der Waals surface area contributed by atoms with E-state index in [1.165, 1.54) is 24.1 Å². The van der Waals surface area contributed by atoms with Crippen LogP contribution in [0.15, 0.2) is 42.5 Å². The second-order valence-corrected chi connectivity index (χ2v) is 11.1. The standard InChI is InChI=1S/C25H33ClN4O7S/c1-6-17(3)27-25(32)21(7-2)28(15-18-10-8-9-11-20(18)26)24(31)16-29(38(5,35)36)22-14-19(30(33)34)12-13-23(22)37-4/h8-14,17,21H,6-7,15-16H2,1-5H3,(H,27,32). The molecule has 0 saturated heterocycles. The van der Waals surface area contributed by atoms with Crippen LogP contribution in [0.25, 0.3) is 0 Å². The van der Waals surface area contributed by atoms with Gasteiger partial charge in [-0.15, -0.1) is 0 Å². The van der Waals surface area contributed by atoms with Gasteiger partial charge < -0.3 is 15.0 Å². The van der Waals surface area contributed by atoms with Gasteiger partial charge in [-0.25, -0.2) is 8.42 Å². The minimum absolute atomic E-state index is 0.0213. The molecule has 0 aliphatic rings. The molecule has 2 rings (SSSR count). The lowest BCUT2D eigenvalue weighted by Crippen LogP contribution is -2.53. The van der Waals surface area contributed by atoms with Crippen molar-refractivity contribution in [2.75, 3.05) is 24.2 Å². The van der Waals surface area contributed by atoms with Gasteiger partial charge in [0, 0.05) is 29.7 Å². The summed E-state index contributed by atoms with van der Waals surface area (Å²) in [5, 5.41) is 14.6. The van der Waals surface area contributed by atoms with E-state index in [4.69, 9.17) is 16.3 Å². The van der Waals surface area contributed by atoms with Gasteiger partial charge in [0.1, 0.15) is 24.0 Å². The number of sulfonamides is 1. The van der Waals surface area contributed by atoms with E-state index >= 15 is 0 Å². The Hall–Kier alpha value is -3.38. The number of nitro benzene ring substituents is 1. The van der Waals surface area contributed by atoms with Crippen LogP contribution in [0.4, 0.5) is 11.4 Å². The van der Waals surface area contributed by atoms with Crippen molar-refractivity contribution >= 4 is 44.8 Å². The van der Waals surface area contributed by atoms with Crippen molar-refractivity contribution in [2.24, 2.45) is 0 Å². The van der Waals surface area contributed by atoms with Gasteiger partial charge >= 0.3 is 0 Å². The third-order valence-corrected chi connectivity index (χ3v) is 7.50. The summed E-state index contributed by atoms with van der Waals surface area (Å²) in [6.45, 7) is 4.70. The number of nitro groups is 1. The first-order valence-corrected chi connectivity index (χ1v) is 14.2. The van der Waals surface area contributed by atoms with Crippen molar-refractivity contribution in [3.63, 3.8) is 0 Å². The molecule has 0 aliphatic carbocycles. The van der Waals surface area contributed by atoms with Crippen molar-refractivity contribution in [3.8, 4) is 5.75 Å². The van der Waals surface area contributed by atoms with Crippen LogP contribution >= 0.6 is 11.6 Å². The summed E-state index contributed by atoms with van der Waals surface area (Å²) in [5.41, 5.74) is 0.0117. The summed E-state index contributed by atoms with van der Waals surface area (Å²) < 4.78 is 31.7. The summed E-state index contributed by atoms with van der Waals surface area (Å²) in [4.78, 5) is 38.9. The largest absolute Gasteiger partial charge is 0.495 e. The van der Waals surface area contributed by atoms with Gasteiger partial charge in [0.05, 0.1) is 18.3 Å². The lowest BCUT2D eigenvalue weighted by Gasteiger charge is -2.33. The minimum Gasteiger partial charge on any atom is -0.495 e. The first kappa shape index (κ1) is 30.8. The Balaban J connectivity index is 2.58. The maximum Gasteiger partial charge on any atom is 0.271 e. The molecule has 2 aromatic carbocycles. The van der Waals surface area contributed by atoms with Gasteiger partial charge in [-0.05, 0) is 37.5 Å². The lowest BCUT2D eigenvalue weighted by molar-refractivity contribution is -0.384. The summed E-state index contributed by atoms with van der Waals surface area (Å²) in [6, 6.07) is 9.20. The molecule has 0 fully saturated rings. The number of amides is 2. The van der Waals surface area contributed by atoms with Crippen molar-refractivity contribution in [2.45, 2.75) is 52.2 Å². The molecule has 0 heterocycles. The molecule has 0 radical (unpaired) electrons. The third-order valence-electron chi connectivity index (χ3n) is 6.01. The number of carbonyl (C=O) groups is 2. The molecular formula is C25H33ClN4O7S. The molecule has 208 valence electrons. The van der Waals surface area contributed by atoms with E-state index < -0.39 is 33.4 Å². The highest BCUT2D eigenvalue weighted by Gasteiger charge is 2.33. The molecule has 0 bridgehead atoms. The number of anilines is 1. The number of nitrogens with one attached hydrogen (secondary N) is 1. The van der Waals surface area contributed by atoms with Gasteiger partial charge in [-0.3, -0.25) is 24.0 Å². The molecular weight excluding hydrogens is 536 g/mol. The zero-order valence-corrected chi connectivity index (χ0v) is 23.6. The van der Waals surface area contributed by atoms with Gasteiger partial charge in [0.15, 0.2) is 0 Å². The van der Waals surface area contributed by atoms with Crippen LogP contribution in [-0.4, -0.2) is 62.0 Å². The third kappa shape index (κ3) is 7.81. The van der Waals surface area contributed by atoms with Crippen LogP contribution in [0.1, 0.15) is 39.2 Å². The Kier molecular flexibility index (Phi) is 10.9.